The van der Waals surface area contributed by atoms with Gasteiger partial charge in [-0.2, -0.15) is 11.8 Å². The van der Waals surface area contributed by atoms with Gasteiger partial charge in [-0.15, -0.1) is 0 Å². The molecule has 1 aromatic heterocycles. The van der Waals surface area contributed by atoms with Crippen molar-refractivity contribution in [2.24, 2.45) is 0 Å². The first-order chi connectivity index (χ1) is 8.29. The van der Waals surface area contributed by atoms with Crippen LogP contribution in [0.1, 0.15) is 6.42 Å². The lowest BCUT2D eigenvalue weighted by atomic mass is 10.4. The van der Waals surface area contributed by atoms with E-state index in [1.54, 1.807) is 11.8 Å². The number of hydrogen-bond donors (Lipinski definition) is 3. The van der Waals surface area contributed by atoms with Gasteiger partial charge in [-0.3, -0.25) is 0 Å². The lowest BCUT2D eigenvalue weighted by Gasteiger charge is -2.10. The maximum Gasteiger partial charge on any atom is 0.203 e. The molecule has 17 heavy (non-hydrogen) atoms. The van der Waals surface area contributed by atoms with Crippen LogP contribution in [0.25, 0.3) is 0 Å². The van der Waals surface area contributed by atoms with Gasteiger partial charge in [0, 0.05) is 18.9 Å². The number of thioether (sulfide) groups is 1. The molecule has 0 fully saturated rings. The molecule has 96 valence electrons. The fourth-order valence-electron chi connectivity index (χ4n) is 1.22. The van der Waals surface area contributed by atoms with Crippen LogP contribution < -0.4 is 15.8 Å². The second-order valence-electron chi connectivity index (χ2n) is 3.26. The third kappa shape index (κ3) is 4.66. The normalized spacial score (nSPS) is 10.2. The van der Waals surface area contributed by atoms with Crippen molar-refractivity contribution in [3.63, 3.8) is 0 Å². The van der Waals surface area contributed by atoms with Crippen LogP contribution in [0.4, 0.5) is 11.6 Å². The van der Waals surface area contributed by atoms with E-state index >= 15 is 0 Å². The summed E-state index contributed by atoms with van der Waals surface area (Å²) in [5, 5.41) is 11.8. The highest BCUT2D eigenvalue weighted by Gasteiger charge is 2.08. The molecule has 4 N–H and O–H groups in total. The van der Waals surface area contributed by atoms with E-state index in [2.05, 4.69) is 15.3 Å². The van der Waals surface area contributed by atoms with Gasteiger partial charge in [-0.25, -0.2) is 9.97 Å². The lowest BCUT2D eigenvalue weighted by Crippen LogP contribution is -2.09. The van der Waals surface area contributed by atoms with Crippen LogP contribution in [-0.4, -0.2) is 46.8 Å². The van der Waals surface area contributed by atoms with Crippen LogP contribution in [0.2, 0.25) is 0 Å². The van der Waals surface area contributed by atoms with Crippen molar-refractivity contribution in [2.75, 3.05) is 42.8 Å². The fourth-order valence-corrected chi connectivity index (χ4v) is 2.01. The van der Waals surface area contributed by atoms with E-state index in [1.807, 2.05) is 0 Å². The monoisotopic (exact) mass is 258 g/mol. The second-order valence-corrected chi connectivity index (χ2v) is 4.48. The summed E-state index contributed by atoms with van der Waals surface area (Å²) in [6.45, 7) is 1.01. The Morgan fingerprint density at radius 1 is 1.47 bits per heavy atom. The molecule has 0 saturated carbocycles. The maximum atomic E-state index is 8.62. The van der Waals surface area contributed by atoms with Crippen LogP contribution >= 0.6 is 11.8 Å². The number of nitrogens with zero attached hydrogens (tertiary/aromatic N) is 2. The van der Waals surface area contributed by atoms with Gasteiger partial charge in [0.25, 0.3) is 0 Å². The van der Waals surface area contributed by atoms with Crippen LogP contribution in [0.3, 0.4) is 0 Å². The van der Waals surface area contributed by atoms with Crippen LogP contribution in [0.15, 0.2) is 6.33 Å². The molecular formula is C10H18N4O2S. The van der Waals surface area contributed by atoms with E-state index in [4.69, 9.17) is 15.6 Å². The highest BCUT2D eigenvalue weighted by Crippen LogP contribution is 2.25. The van der Waals surface area contributed by atoms with Gasteiger partial charge in [0.1, 0.15) is 6.33 Å². The quantitative estimate of drug-likeness (QED) is 0.588. The summed E-state index contributed by atoms with van der Waals surface area (Å²) in [6, 6.07) is 0. The summed E-state index contributed by atoms with van der Waals surface area (Å²) in [5.41, 5.74) is 5.65. The zero-order valence-electron chi connectivity index (χ0n) is 9.85. The predicted octanol–water partition coefficient (Wildman–Crippen LogP) is 0.595. The van der Waals surface area contributed by atoms with Gasteiger partial charge in [0.05, 0.1) is 7.11 Å². The molecule has 0 aliphatic rings. The molecule has 1 rings (SSSR count). The van der Waals surface area contributed by atoms with Crippen LogP contribution in [0, 0.1) is 0 Å². The Kier molecular flexibility index (Phi) is 6.49. The maximum absolute atomic E-state index is 8.62. The molecule has 7 heteroatoms. The summed E-state index contributed by atoms with van der Waals surface area (Å²) in [6.07, 6.45) is 2.23. The number of aliphatic hydroxyl groups excluding tert-OH is 1. The van der Waals surface area contributed by atoms with Crippen molar-refractivity contribution in [3.05, 3.63) is 6.33 Å². The van der Waals surface area contributed by atoms with Gasteiger partial charge in [0.2, 0.25) is 5.75 Å². The van der Waals surface area contributed by atoms with Gasteiger partial charge >= 0.3 is 0 Å². The summed E-state index contributed by atoms with van der Waals surface area (Å²) in [5.74, 6) is 3.32. The molecule has 0 atom stereocenters. The average molecular weight is 258 g/mol. The smallest absolute Gasteiger partial charge is 0.203 e. The third-order valence-corrected chi connectivity index (χ3v) is 3.09. The molecule has 0 amide bonds. The number of nitrogens with two attached hydrogens (primary N) is 1. The Balaban J connectivity index is 2.33. The lowest BCUT2D eigenvalue weighted by molar-refractivity contribution is 0.296. The first-order valence-electron chi connectivity index (χ1n) is 5.36. The molecule has 0 aromatic carbocycles. The molecule has 0 aliphatic carbocycles. The molecule has 0 aliphatic heterocycles. The molecule has 1 heterocycles. The zero-order chi connectivity index (χ0) is 12.5. The summed E-state index contributed by atoms with van der Waals surface area (Å²) >= 11 is 1.78. The predicted molar refractivity (Wildman–Crippen MR) is 70.5 cm³/mol. The average Bonchev–Trinajstić information content (AvgIpc) is 2.34. The minimum Gasteiger partial charge on any atom is -0.490 e. The van der Waals surface area contributed by atoms with Crippen LogP contribution in [0.5, 0.6) is 5.75 Å². The number of methoxy groups -OCH3 is 1. The number of aliphatic hydroxyl groups is 1. The number of aromatic nitrogens is 2. The van der Waals surface area contributed by atoms with Crippen molar-refractivity contribution < 1.29 is 9.84 Å². The summed E-state index contributed by atoms with van der Waals surface area (Å²) < 4.78 is 5.12. The van der Waals surface area contributed by atoms with E-state index < -0.39 is 0 Å². The molecule has 0 spiro atoms. The highest BCUT2D eigenvalue weighted by molar-refractivity contribution is 7.99. The van der Waals surface area contributed by atoms with Gasteiger partial charge in [-0.05, 0) is 12.2 Å². The first-order valence-corrected chi connectivity index (χ1v) is 6.52. The Hall–Kier alpha value is -1.21. The highest BCUT2D eigenvalue weighted by atomic mass is 32.2. The molecule has 0 unspecified atom stereocenters. The minimum atomic E-state index is 0.247. The van der Waals surface area contributed by atoms with Crippen molar-refractivity contribution in [1.82, 2.24) is 9.97 Å². The van der Waals surface area contributed by atoms with E-state index in [0.29, 0.717) is 17.4 Å². The Bertz CT molecular complexity index is 338. The Labute approximate surface area is 105 Å². The number of nitrogen functional groups attached to an aromatic ring is 1. The second kappa shape index (κ2) is 7.97. The standard InChI is InChI=1S/C10H18N4O2S/c1-16-8-9(11)13-7-14-10(8)12-3-6-17-5-2-4-15/h7,15H,2-6H2,1H3,(H3,11,12,13,14). The number of anilines is 2. The van der Waals surface area contributed by atoms with E-state index in [-0.39, 0.29) is 6.61 Å². The van der Waals surface area contributed by atoms with E-state index in [9.17, 15) is 0 Å². The number of nitrogens with one attached hydrogen (secondary N) is 1. The van der Waals surface area contributed by atoms with Gasteiger partial charge < -0.3 is 20.9 Å². The molecular weight excluding hydrogens is 240 g/mol. The van der Waals surface area contributed by atoms with Crippen LogP contribution in [-0.2, 0) is 0 Å². The summed E-state index contributed by atoms with van der Waals surface area (Å²) in [4.78, 5) is 7.92. The fraction of sp³-hybridized carbons (Fsp3) is 0.600. The largest absolute Gasteiger partial charge is 0.490 e. The third-order valence-electron chi connectivity index (χ3n) is 2.02. The minimum absolute atomic E-state index is 0.247. The van der Waals surface area contributed by atoms with Crippen molar-refractivity contribution in [2.45, 2.75) is 6.42 Å². The summed E-state index contributed by atoms with van der Waals surface area (Å²) in [7, 11) is 1.54. The molecule has 0 saturated heterocycles. The topological polar surface area (TPSA) is 93.3 Å². The Morgan fingerprint density at radius 2 is 2.29 bits per heavy atom. The van der Waals surface area contributed by atoms with E-state index in [1.165, 1.54) is 13.4 Å². The van der Waals surface area contributed by atoms with Crippen molar-refractivity contribution in [3.8, 4) is 5.75 Å². The molecule has 0 radical (unpaired) electrons. The van der Waals surface area contributed by atoms with E-state index in [0.717, 1.165) is 24.5 Å². The number of ether oxygens (including phenoxy) is 1. The van der Waals surface area contributed by atoms with Crippen molar-refractivity contribution >= 4 is 23.4 Å². The van der Waals surface area contributed by atoms with Gasteiger partial charge in [-0.1, -0.05) is 0 Å². The van der Waals surface area contributed by atoms with Crippen molar-refractivity contribution in [1.29, 1.82) is 0 Å². The number of rotatable bonds is 8. The first kappa shape index (κ1) is 13.9. The number of hydrogen-bond acceptors (Lipinski definition) is 7. The zero-order valence-corrected chi connectivity index (χ0v) is 10.7. The molecule has 6 nitrogen and oxygen atoms in total. The Morgan fingerprint density at radius 3 is 3.00 bits per heavy atom. The molecule has 0 bridgehead atoms. The molecule has 1 aromatic rings. The van der Waals surface area contributed by atoms with Gasteiger partial charge in [0.15, 0.2) is 11.6 Å². The SMILES string of the molecule is COc1c(N)ncnc1NCCSCCCO.